The van der Waals surface area contributed by atoms with Crippen LogP contribution < -0.4 is 9.47 Å². The summed E-state index contributed by atoms with van der Waals surface area (Å²) in [5.74, 6) is -0.245. The van der Waals surface area contributed by atoms with Crippen molar-refractivity contribution >= 4 is 11.0 Å². The van der Waals surface area contributed by atoms with Crippen molar-refractivity contribution in [2.45, 2.75) is 6.18 Å². The van der Waals surface area contributed by atoms with Crippen LogP contribution in [-0.4, -0.2) is 24.2 Å². The Morgan fingerprint density at radius 2 is 1.67 bits per heavy atom. The van der Waals surface area contributed by atoms with E-state index >= 15 is 0 Å². The number of H-pyrrole nitrogens is 1. The molecule has 1 heterocycles. The third kappa shape index (κ3) is 2.75. The van der Waals surface area contributed by atoms with Crippen LogP contribution in [0.15, 0.2) is 30.3 Å². The van der Waals surface area contributed by atoms with E-state index < -0.39 is 17.6 Å². The van der Waals surface area contributed by atoms with Gasteiger partial charge in [-0.2, -0.15) is 13.2 Å². The third-order valence-corrected chi connectivity index (χ3v) is 3.53. The Kier molecular flexibility index (Phi) is 3.82. The zero-order valence-electron chi connectivity index (χ0n) is 12.7. The van der Waals surface area contributed by atoms with E-state index in [-0.39, 0.29) is 11.4 Å². The van der Waals surface area contributed by atoms with Gasteiger partial charge in [-0.15, -0.1) is 0 Å². The number of methoxy groups -OCH3 is 2. The van der Waals surface area contributed by atoms with E-state index in [4.69, 9.17) is 9.47 Å². The molecule has 0 unspecified atom stereocenters. The van der Waals surface area contributed by atoms with Crippen molar-refractivity contribution < 1.29 is 27.0 Å². The SMILES string of the molecule is COc1cc2nc(-c3ccc(F)c(C(F)(F)F)c3)[nH]c2cc1OC. The van der Waals surface area contributed by atoms with E-state index in [9.17, 15) is 17.6 Å². The van der Waals surface area contributed by atoms with Gasteiger partial charge in [0.05, 0.1) is 30.8 Å². The zero-order valence-corrected chi connectivity index (χ0v) is 12.7. The topological polar surface area (TPSA) is 47.1 Å². The predicted octanol–water partition coefficient (Wildman–Crippen LogP) is 4.41. The molecule has 0 radical (unpaired) electrons. The number of ether oxygens (including phenoxy) is 2. The maximum absolute atomic E-state index is 13.4. The highest BCUT2D eigenvalue weighted by molar-refractivity contribution is 5.83. The van der Waals surface area contributed by atoms with Gasteiger partial charge in [0.25, 0.3) is 0 Å². The summed E-state index contributed by atoms with van der Waals surface area (Å²) in [6.07, 6.45) is -4.78. The highest BCUT2D eigenvalue weighted by atomic mass is 19.4. The molecule has 3 aromatic rings. The molecule has 1 N–H and O–H groups in total. The summed E-state index contributed by atoms with van der Waals surface area (Å²) in [5, 5.41) is 0. The van der Waals surface area contributed by atoms with Crippen molar-refractivity contribution in [1.29, 1.82) is 0 Å². The molecule has 3 rings (SSSR count). The van der Waals surface area contributed by atoms with Crippen LogP contribution >= 0.6 is 0 Å². The molecule has 0 aliphatic heterocycles. The summed E-state index contributed by atoms with van der Waals surface area (Å²) in [6.45, 7) is 0. The van der Waals surface area contributed by atoms with Gasteiger partial charge in [-0.1, -0.05) is 0 Å². The van der Waals surface area contributed by atoms with Crippen molar-refractivity contribution in [1.82, 2.24) is 9.97 Å². The molecule has 0 amide bonds. The minimum absolute atomic E-state index is 0.123. The molecule has 0 atom stereocenters. The lowest BCUT2D eigenvalue weighted by atomic mass is 10.1. The van der Waals surface area contributed by atoms with E-state index in [1.807, 2.05) is 0 Å². The van der Waals surface area contributed by atoms with Crippen molar-refractivity contribution in [3.8, 4) is 22.9 Å². The summed E-state index contributed by atoms with van der Waals surface area (Å²) < 4.78 is 62.3. The molecule has 0 fully saturated rings. The number of hydrogen-bond acceptors (Lipinski definition) is 3. The Balaban J connectivity index is 2.13. The van der Waals surface area contributed by atoms with Gasteiger partial charge in [0.15, 0.2) is 11.5 Å². The number of alkyl halides is 3. The minimum atomic E-state index is -4.78. The van der Waals surface area contributed by atoms with Crippen LogP contribution in [0.4, 0.5) is 17.6 Å². The first-order valence-corrected chi connectivity index (χ1v) is 6.82. The van der Waals surface area contributed by atoms with Crippen molar-refractivity contribution in [3.05, 3.63) is 41.7 Å². The average molecular weight is 340 g/mol. The second-order valence-electron chi connectivity index (χ2n) is 5.00. The smallest absolute Gasteiger partial charge is 0.419 e. The van der Waals surface area contributed by atoms with Crippen LogP contribution in [0.25, 0.3) is 22.4 Å². The zero-order chi connectivity index (χ0) is 17.5. The Hall–Kier alpha value is -2.77. The number of hydrogen-bond donors (Lipinski definition) is 1. The summed E-state index contributed by atoms with van der Waals surface area (Å²) in [5.41, 5.74) is -0.172. The molecule has 1 aromatic heterocycles. The highest BCUT2D eigenvalue weighted by Crippen LogP contribution is 2.35. The van der Waals surface area contributed by atoms with Crippen molar-refractivity contribution in [2.75, 3.05) is 14.2 Å². The number of nitrogens with zero attached hydrogens (tertiary/aromatic N) is 1. The first kappa shape index (κ1) is 16.1. The maximum atomic E-state index is 13.4. The van der Waals surface area contributed by atoms with Crippen LogP contribution in [0.1, 0.15) is 5.56 Å². The lowest BCUT2D eigenvalue weighted by molar-refractivity contribution is -0.139. The third-order valence-electron chi connectivity index (χ3n) is 3.53. The molecule has 8 heteroatoms. The standard InChI is InChI=1S/C16H12F4N2O2/c1-23-13-6-11-12(7-14(13)24-2)22-15(21-11)8-3-4-10(17)9(5-8)16(18,19)20/h3-7H,1-2H3,(H,21,22). The predicted molar refractivity (Wildman–Crippen MR) is 79.6 cm³/mol. The van der Waals surface area contributed by atoms with Crippen LogP contribution in [0.3, 0.4) is 0 Å². The fourth-order valence-corrected chi connectivity index (χ4v) is 2.36. The fourth-order valence-electron chi connectivity index (χ4n) is 2.36. The second-order valence-corrected chi connectivity index (χ2v) is 5.00. The lowest BCUT2D eigenvalue weighted by Gasteiger charge is -2.08. The Bertz CT molecular complexity index is 862. The number of nitrogens with one attached hydrogen (secondary N) is 1. The fraction of sp³-hybridized carbons (Fsp3) is 0.188. The van der Waals surface area contributed by atoms with Gasteiger partial charge in [-0.3, -0.25) is 0 Å². The van der Waals surface area contributed by atoms with Crippen LogP contribution in [0, 0.1) is 5.82 Å². The Morgan fingerprint density at radius 1 is 1.00 bits per heavy atom. The molecule has 0 saturated carbocycles. The van der Waals surface area contributed by atoms with E-state index in [1.54, 1.807) is 12.1 Å². The largest absolute Gasteiger partial charge is 0.493 e. The molecule has 0 aliphatic carbocycles. The van der Waals surface area contributed by atoms with Crippen LogP contribution in [0.5, 0.6) is 11.5 Å². The molecular formula is C16H12F4N2O2. The van der Waals surface area contributed by atoms with Crippen molar-refractivity contribution in [2.24, 2.45) is 0 Å². The molecule has 4 nitrogen and oxygen atoms in total. The van der Waals surface area contributed by atoms with Gasteiger partial charge in [0.2, 0.25) is 0 Å². The van der Waals surface area contributed by atoms with Gasteiger partial charge >= 0.3 is 6.18 Å². The molecular weight excluding hydrogens is 328 g/mol. The van der Waals surface area contributed by atoms with Crippen LogP contribution in [-0.2, 0) is 6.18 Å². The monoisotopic (exact) mass is 340 g/mol. The first-order chi connectivity index (χ1) is 11.3. The number of halogens is 4. The molecule has 126 valence electrons. The summed E-state index contributed by atoms with van der Waals surface area (Å²) >= 11 is 0. The van der Waals surface area contributed by atoms with Gasteiger partial charge in [-0.05, 0) is 18.2 Å². The molecule has 0 spiro atoms. The van der Waals surface area contributed by atoms with E-state index in [2.05, 4.69) is 9.97 Å². The van der Waals surface area contributed by atoms with Crippen LogP contribution in [0.2, 0.25) is 0 Å². The number of rotatable bonds is 3. The number of fused-ring (bicyclic) bond motifs is 1. The van der Waals surface area contributed by atoms with E-state index in [0.29, 0.717) is 22.5 Å². The number of imidazole rings is 1. The summed E-state index contributed by atoms with van der Waals surface area (Å²) in [6, 6.07) is 5.95. The Morgan fingerprint density at radius 3 is 2.29 bits per heavy atom. The molecule has 24 heavy (non-hydrogen) atoms. The normalized spacial score (nSPS) is 11.8. The van der Waals surface area contributed by atoms with Crippen molar-refractivity contribution in [3.63, 3.8) is 0 Å². The minimum Gasteiger partial charge on any atom is -0.493 e. The molecule has 0 saturated heterocycles. The van der Waals surface area contributed by atoms with E-state index in [1.165, 1.54) is 20.3 Å². The molecule has 0 bridgehead atoms. The van der Waals surface area contributed by atoms with Gasteiger partial charge in [0, 0.05) is 17.7 Å². The molecule has 2 aromatic carbocycles. The lowest BCUT2D eigenvalue weighted by Crippen LogP contribution is -2.08. The second kappa shape index (κ2) is 5.70. The highest BCUT2D eigenvalue weighted by Gasteiger charge is 2.34. The average Bonchev–Trinajstić information content (AvgIpc) is 2.95. The number of aromatic amines is 1. The Labute approximate surface area is 134 Å². The summed E-state index contributed by atoms with van der Waals surface area (Å²) in [7, 11) is 2.93. The quantitative estimate of drug-likeness (QED) is 0.719. The molecule has 0 aliphatic rings. The van der Waals surface area contributed by atoms with Gasteiger partial charge in [0.1, 0.15) is 11.6 Å². The first-order valence-electron chi connectivity index (χ1n) is 6.82. The summed E-state index contributed by atoms with van der Waals surface area (Å²) in [4.78, 5) is 7.14. The number of benzene rings is 2. The maximum Gasteiger partial charge on any atom is 0.419 e. The van der Waals surface area contributed by atoms with E-state index in [0.717, 1.165) is 12.1 Å². The van der Waals surface area contributed by atoms with Gasteiger partial charge < -0.3 is 14.5 Å². The number of aromatic nitrogens is 2. The van der Waals surface area contributed by atoms with Gasteiger partial charge in [-0.25, -0.2) is 9.37 Å².